The predicted octanol–water partition coefficient (Wildman–Crippen LogP) is 4.56. The molecule has 0 saturated heterocycles. The first-order valence-corrected chi connectivity index (χ1v) is 8.55. The topological polar surface area (TPSA) is 42.0 Å². The summed E-state index contributed by atoms with van der Waals surface area (Å²) in [4.78, 5) is 17.3. The standard InChI is InChI=1S/C16H13FN2OS2/c17-11-6-7-13-14(10-11)22-16(18-13)19-15(20)8-9-21-12-4-2-1-3-5-12/h1-7,10H,8-9H2,(H,18,19,20). The molecule has 6 heteroatoms. The third kappa shape index (κ3) is 3.84. The van der Waals surface area contributed by atoms with Gasteiger partial charge in [0.2, 0.25) is 5.91 Å². The molecule has 2 aromatic carbocycles. The number of rotatable bonds is 5. The van der Waals surface area contributed by atoms with E-state index >= 15 is 0 Å². The molecular formula is C16H13FN2OS2. The fourth-order valence-electron chi connectivity index (χ4n) is 1.91. The molecule has 22 heavy (non-hydrogen) atoms. The quantitative estimate of drug-likeness (QED) is 0.697. The first kappa shape index (κ1) is 15.0. The van der Waals surface area contributed by atoms with Gasteiger partial charge in [-0.15, -0.1) is 11.8 Å². The van der Waals surface area contributed by atoms with Crippen LogP contribution in [0.3, 0.4) is 0 Å². The van der Waals surface area contributed by atoms with Gasteiger partial charge in [0.05, 0.1) is 10.2 Å². The normalized spacial score (nSPS) is 10.8. The zero-order valence-electron chi connectivity index (χ0n) is 11.6. The van der Waals surface area contributed by atoms with Crippen LogP contribution >= 0.6 is 23.1 Å². The van der Waals surface area contributed by atoms with Crippen LogP contribution in [-0.2, 0) is 4.79 Å². The maximum atomic E-state index is 13.1. The Morgan fingerprint density at radius 3 is 2.86 bits per heavy atom. The van der Waals surface area contributed by atoms with Gasteiger partial charge in [-0.3, -0.25) is 4.79 Å². The van der Waals surface area contributed by atoms with Gasteiger partial charge in [0, 0.05) is 17.1 Å². The molecule has 0 bridgehead atoms. The van der Waals surface area contributed by atoms with Crippen LogP contribution in [-0.4, -0.2) is 16.6 Å². The monoisotopic (exact) mass is 332 g/mol. The number of hydrogen-bond acceptors (Lipinski definition) is 4. The van der Waals surface area contributed by atoms with Crippen molar-refractivity contribution in [1.29, 1.82) is 0 Å². The minimum absolute atomic E-state index is 0.0806. The first-order chi connectivity index (χ1) is 10.7. The summed E-state index contributed by atoms with van der Waals surface area (Å²) in [7, 11) is 0. The van der Waals surface area contributed by atoms with Gasteiger partial charge in [-0.25, -0.2) is 9.37 Å². The average molecular weight is 332 g/mol. The lowest BCUT2D eigenvalue weighted by molar-refractivity contribution is -0.115. The van der Waals surface area contributed by atoms with Gasteiger partial charge in [0.1, 0.15) is 5.82 Å². The van der Waals surface area contributed by atoms with Gasteiger partial charge in [-0.2, -0.15) is 0 Å². The smallest absolute Gasteiger partial charge is 0.226 e. The molecule has 1 aromatic heterocycles. The summed E-state index contributed by atoms with van der Waals surface area (Å²) in [5, 5.41) is 3.28. The number of amides is 1. The lowest BCUT2D eigenvalue weighted by Gasteiger charge is -2.02. The van der Waals surface area contributed by atoms with Crippen LogP contribution in [0.2, 0.25) is 0 Å². The zero-order chi connectivity index (χ0) is 15.4. The molecule has 0 aliphatic rings. The third-order valence-electron chi connectivity index (χ3n) is 2.94. The van der Waals surface area contributed by atoms with Crippen LogP contribution in [0, 0.1) is 5.82 Å². The Balaban J connectivity index is 1.54. The van der Waals surface area contributed by atoms with E-state index in [1.165, 1.54) is 23.5 Å². The maximum Gasteiger partial charge on any atom is 0.226 e. The van der Waals surface area contributed by atoms with Gasteiger partial charge >= 0.3 is 0 Å². The number of benzene rings is 2. The molecular weight excluding hydrogens is 319 g/mol. The number of anilines is 1. The Bertz CT molecular complexity index is 789. The largest absolute Gasteiger partial charge is 0.302 e. The fraction of sp³-hybridized carbons (Fsp3) is 0.125. The molecule has 0 fully saturated rings. The van der Waals surface area contributed by atoms with Crippen molar-refractivity contribution in [2.45, 2.75) is 11.3 Å². The van der Waals surface area contributed by atoms with E-state index in [-0.39, 0.29) is 11.7 Å². The number of thioether (sulfide) groups is 1. The summed E-state index contributed by atoms with van der Waals surface area (Å²) in [5.74, 6) is 0.325. The lowest BCUT2D eigenvalue weighted by atomic mass is 10.3. The van der Waals surface area contributed by atoms with Crippen molar-refractivity contribution < 1.29 is 9.18 Å². The van der Waals surface area contributed by atoms with Crippen molar-refractivity contribution in [3.63, 3.8) is 0 Å². The summed E-state index contributed by atoms with van der Waals surface area (Å²) in [5.41, 5.74) is 0.695. The fourth-order valence-corrected chi connectivity index (χ4v) is 3.69. The van der Waals surface area contributed by atoms with Crippen molar-refractivity contribution in [2.24, 2.45) is 0 Å². The molecule has 0 aliphatic heterocycles. The van der Waals surface area contributed by atoms with Crippen molar-refractivity contribution in [3.8, 4) is 0 Å². The number of carbonyl (C=O) groups is 1. The second kappa shape index (κ2) is 6.89. The molecule has 3 rings (SSSR count). The minimum atomic E-state index is -0.298. The van der Waals surface area contributed by atoms with E-state index in [4.69, 9.17) is 0 Å². The molecule has 0 saturated carbocycles. The summed E-state index contributed by atoms with van der Waals surface area (Å²) in [6.45, 7) is 0. The zero-order valence-corrected chi connectivity index (χ0v) is 13.2. The van der Waals surface area contributed by atoms with E-state index in [0.717, 1.165) is 9.60 Å². The second-order valence-electron chi connectivity index (χ2n) is 4.59. The Hall–Kier alpha value is -1.92. The molecule has 0 unspecified atom stereocenters. The Kier molecular flexibility index (Phi) is 4.70. The summed E-state index contributed by atoms with van der Waals surface area (Å²) in [6, 6.07) is 14.4. The number of carbonyl (C=O) groups excluding carboxylic acids is 1. The maximum absolute atomic E-state index is 13.1. The molecule has 1 N–H and O–H groups in total. The molecule has 112 valence electrons. The Labute approximate surface area is 135 Å². The molecule has 1 heterocycles. The van der Waals surface area contributed by atoms with E-state index in [1.807, 2.05) is 30.3 Å². The molecule has 0 radical (unpaired) electrons. The van der Waals surface area contributed by atoms with Crippen LogP contribution in [0.5, 0.6) is 0 Å². The van der Waals surface area contributed by atoms with Crippen molar-refractivity contribution in [2.75, 3.05) is 11.1 Å². The number of fused-ring (bicyclic) bond motifs is 1. The van der Waals surface area contributed by atoms with Gasteiger partial charge in [-0.05, 0) is 30.3 Å². The van der Waals surface area contributed by atoms with Crippen LogP contribution in [0.25, 0.3) is 10.2 Å². The highest BCUT2D eigenvalue weighted by molar-refractivity contribution is 7.99. The van der Waals surface area contributed by atoms with E-state index in [0.29, 0.717) is 22.8 Å². The lowest BCUT2D eigenvalue weighted by Crippen LogP contribution is -2.11. The Morgan fingerprint density at radius 2 is 2.05 bits per heavy atom. The number of aromatic nitrogens is 1. The van der Waals surface area contributed by atoms with Gasteiger partial charge < -0.3 is 5.32 Å². The third-order valence-corrected chi connectivity index (χ3v) is 4.89. The number of thiazole rings is 1. The van der Waals surface area contributed by atoms with Crippen LogP contribution in [0.4, 0.5) is 9.52 Å². The first-order valence-electron chi connectivity index (χ1n) is 6.74. The van der Waals surface area contributed by atoms with Crippen molar-refractivity contribution in [1.82, 2.24) is 4.98 Å². The number of hydrogen-bond donors (Lipinski definition) is 1. The predicted molar refractivity (Wildman–Crippen MR) is 90.0 cm³/mol. The molecule has 3 nitrogen and oxygen atoms in total. The molecule has 0 atom stereocenters. The molecule has 0 aliphatic carbocycles. The SMILES string of the molecule is O=C(CCSc1ccccc1)Nc1nc2ccc(F)cc2s1. The molecule has 3 aromatic rings. The Morgan fingerprint density at radius 1 is 1.23 bits per heavy atom. The highest BCUT2D eigenvalue weighted by Crippen LogP contribution is 2.26. The number of nitrogens with zero attached hydrogens (tertiary/aromatic N) is 1. The highest BCUT2D eigenvalue weighted by Gasteiger charge is 2.08. The van der Waals surface area contributed by atoms with Gasteiger partial charge in [0.15, 0.2) is 5.13 Å². The van der Waals surface area contributed by atoms with Crippen molar-refractivity contribution >= 4 is 44.4 Å². The van der Waals surface area contributed by atoms with Crippen LogP contribution < -0.4 is 5.32 Å². The minimum Gasteiger partial charge on any atom is -0.302 e. The van der Waals surface area contributed by atoms with E-state index in [2.05, 4.69) is 10.3 Å². The summed E-state index contributed by atoms with van der Waals surface area (Å²) >= 11 is 2.92. The van der Waals surface area contributed by atoms with E-state index < -0.39 is 0 Å². The number of nitrogens with one attached hydrogen (secondary N) is 1. The van der Waals surface area contributed by atoms with Crippen LogP contribution in [0.1, 0.15) is 6.42 Å². The van der Waals surface area contributed by atoms with Crippen molar-refractivity contribution in [3.05, 3.63) is 54.3 Å². The van der Waals surface area contributed by atoms with E-state index in [1.54, 1.807) is 17.8 Å². The number of halogens is 1. The van der Waals surface area contributed by atoms with Crippen LogP contribution in [0.15, 0.2) is 53.4 Å². The van der Waals surface area contributed by atoms with Gasteiger partial charge in [-0.1, -0.05) is 29.5 Å². The average Bonchev–Trinajstić information content (AvgIpc) is 2.89. The summed E-state index contributed by atoms with van der Waals surface area (Å²) < 4.78 is 13.9. The molecule has 0 spiro atoms. The summed E-state index contributed by atoms with van der Waals surface area (Å²) in [6.07, 6.45) is 0.407. The highest BCUT2D eigenvalue weighted by atomic mass is 32.2. The van der Waals surface area contributed by atoms with Gasteiger partial charge in [0.25, 0.3) is 0 Å². The van der Waals surface area contributed by atoms with E-state index in [9.17, 15) is 9.18 Å². The second-order valence-corrected chi connectivity index (χ2v) is 6.79. The molecule has 1 amide bonds.